The summed E-state index contributed by atoms with van der Waals surface area (Å²) in [5.41, 5.74) is 0. The van der Waals surface area contributed by atoms with Gasteiger partial charge in [-0.1, -0.05) is 277 Å². The molecule has 0 radical (unpaired) electrons. The summed E-state index contributed by atoms with van der Waals surface area (Å²) in [6, 6.07) is 0. The Bertz CT molecular complexity index is 1570. The number of unbranched alkanes of at least 4 members (excludes halogenated alkanes) is 24. The summed E-state index contributed by atoms with van der Waals surface area (Å²) < 4.78 is 16.9. The molecule has 0 rings (SSSR count). The van der Waals surface area contributed by atoms with Crippen molar-refractivity contribution in [3.8, 4) is 0 Å². The van der Waals surface area contributed by atoms with E-state index in [4.69, 9.17) is 14.2 Å². The summed E-state index contributed by atoms with van der Waals surface area (Å²) in [5, 5.41) is 0. The molecular weight excluding hydrogens is 925 g/mol. The second kappa shape index (κ2) is 62.4. The molecule has 0 N–H and O–H groups in total. The molecule has 0 aromatic heterocycles. The fourth-order valence-corrected chi connectivity index (χ4v) is 8.39. The van der Waals surface area contributed by atoms with Gasteiger partial charge in [-0.3, -0.25) is 14.4 Å². The number of esters is 3. The van der Waals surface area contributed by atoms with Crippen molar-refractivity contribution in [3.63, 3.8) is 0 Å². The van der Waals surface area contributed by atoms with E-state index in [0.29, 0.717) is 19.3 Å². The Morgan fingerprint density at radius 3 is 0.853 bits per heavy atom. The monoisotopic (exact) mass is 1040 g/mol. The summed E-state index contributed by atoms with van der Waals surface area (Å²) >= 11 is 0. The highest BCUT2D eigenvalue weighted by molar-refractivity contribution is 5.71. The Labute approximate surface area is 462 Å². The van der Waals surface area contributed by atoms with E-state index < -0.39 is 6.10 Å². The van der Waals surface area contributed by atoms with Crippen LogP contribution in [-0.4, -0.2) is 37.2 Å². The summed E-state index contributed by atoms with van der Waals surface area (Å²) in [6.07, 6.45) is 86.3. The number of hydrogen-bond donors (Lipinski definition) is 0. The molecule has 1 atom stereocenters. The summed E-state index contributed by atoms with van der Waals surface area (Å²) in [6.45, 7) is 6.38. The minimum absolute atomic E-state index is 0.102. The van der Waals surface area contributed by atoms with Crippen LogP contribution >= 0.6 is 0 Å². The summed E-state index contributed by atoms with van der Waals surface area (Å²) in [5.74, 6) is -0.963. The zero-order valence-electron chi connectivity index (χ0n) is 48.8. The molecule has 1 unspecified atom stereocenters. The summed E-state index contributed by atoms with van der Waals surface area (Å²) in [7, 11) is 0. The van der Waals surface area contributed by atoms with E-state index in [9.17, 15) is 14.4 Å². The lowest BCUT2D eigenvalue weighted by Crippen LogP contribution is -2.30. The number of allylic oxidation sites excluding steroid dienone is 20. The van der Waals surface area contributed by atoms with E-state index in [1.807, 2.05) is 0 Å². The highest BCUT2D eigenvalue weighted by Gasteiger charge is 2.19. The molecule has 0 saturated heterocycles. The minimum Gasteiger partial charge on any atom is -0.462 e. The van der Waals surface area contributed by atoms with Crippen LogP contribution in [0.5, 0.6) is 0 Å². The third kappa shape index (κ3) is 60.6. The SMILES string of the molecule is CC/C=C\C/C=C\C/C=C\C/C=C\C/C=C\CCCCCCCCCCCC(=O)OCC(COC(=O)CCCCCCCCCCCCCCCCC)OC(=O)CCC/C=C\C/C=C\C/C=C\C/C=C\C/C=C\CC. The third-order valence-electron chi connectivity index (χ3n) is 13.0. The number of rotatable bonds is 55. The predicted molar refractivity (Wildman–Crippen MR) is 325 cm³/mol. The highest BCUT2D eigenvalue weighted by Crippen LogP contribution is 2.16. The zero-order valence-corrected chi connectivity index (χ0v) is 48.8. The van der Waals surface area contributed by atoms with Gasteiger partial charge in [0.05, 0.1) is 0 Å². The van der Waals surface area contributed by atoms with Crippen molar-refractivity contribution >= 4 is 17.9 Å². The van der Waals surface area contributed by atoms with E-state index in [0.717, 1.165) is 116 Å². The Morgan fingerprint density at radius 2 is 0.533 bits per heavy atom. The van der Waals surface area contributed by atoms with E-state index in [1.165, 1.54) is 116 Å². The van der Waals surface area contributed by atoms with Crippen molar-refractivity contribution in [3.05, 3.63) is 122 Å². The van der Waals surface area contributed by atoms with Crippen molar-refractivity contribution in [2.75, 3.05) is 13.2 Å². The molecule has 0 aliphatic heterocycles. The molecule has 426 valence electrons. The van der Waals surface area contributed by atoms with Gasteiger partial charge in [0.2, 0.25) is 0 Å². The minimum atomic E-state index is -0.813. The molecule has 0 aliphatic rings. The maximum Gasteiger partial charge on any atom is 0.306 e. The number of carbonyl (C=O) groups excluding carboxylic acids is 3. The molecule has 0 fully saturated rings. The van der Waals surface area contributed by atoms with Crippen LogP contribution in [0.3, 0.4) is 0 Å². The highest BCUT2D eigenvalue weighted by atomic mass is 16.6. The van der Waals surface area contributed by atoms with E-state index in [1.54, 1.807) is 0 Å². The molecule has 0 saturated carbocycles. The van der Waals surface area contributed by atoms with Crippen LogP contribution in [0.15, 0.2) is 122 Å². The van der Waals surface area contributed by atoms with Crippen LogP contribution in [0.25, 0.3) is 0 Å². The molecule has 0 aromatic rings. The van der Waals surface area contributed by atoms with Crippen LogP contribution in [0, 0.1) is 0 Å². The Kier molecular flexibility index (Phi) is 58.9. The molecule has 0 aliphatic carbocycles. The lowest BCUT2D eigenvalue weighted by Gasteiger charge is -2.18. The average molecular weight is 1040 g/mol. The number of carbonyl (C=O) groups is 3. The molecule has 75 heavy (non-hydrogen) atoms. The quantitative estimate of drug-likeness (QED) is 0.0261. The number of ether oxygens (including phenoxy) is 3. The van der Waals surface area contributed by atoms with Crippen LogP contribution in [0.4, 0.5) is 0 Å². The lowest BCUT2D eigenvalue weighted by atomic mass is 10.0. The standard InChI is InChI=1S/C69H114O6/c1-4-7-10-13-16-19-22-25-28-30-31-32-33-34-35-36-37-39-41-44-47-50-53-56-59-62-68(71)74-65-66(64-73-67(70)61-58-55-52-49-46-43-40-27-24-21-18-15-12-9-6-3)75-69(72)63-60-57-54-51-48-45-42-38-29-26-23-20-17-14-11-8-5-2/h7-8,10-11,16-17,19-20,25-26,28-29,31-32,34-35,42,45,51,54,66H,4-6,9,12-15,18,21-24,27,30,33,36-41,43-44,46-50,52-53,55-65H2,1-3H3/b10-7-,11-8-,19-16-,20-17-,28-25-,29-26-,32-31-,35-34-,45-42-,54-51-. The second-order valence-electron chi connectivity index (χ2n) is 20.2. The van der Waals surface area contributed by atoms with E-state index in [-0.39, 0.29) is 37.5 Å². The van der Waals surface area contributed by atoms with Gasteiger partial charge in [-0.25, -0.2) is 0 Å². The first-order valence-electron chi connectivity index (χ1n) is 31.0. The van der Waals surface area contributed by atoms with E-state index in [2.05, 4.69) is 142 Å². The Morgan fingerprint density at radius 1 is 0.280 bits per heavy atom. The van der Waals surface area contributed by atoms with Crippen molar-refractivity contribution in [2.45, 2.75) is 284 Å². The van der Waals surface area contributed by atoms with Crippen LogP contribution < -0.4 is 0 Å². The maximum absolute atomic E-state index is 12.9. The fourth-order valence-electron chi connectivity index (χ4n) is 8.39. The van der Waals surface area contributed by atoms with Gasteiger partial charge in [0, 0.05) is 19.3 Å². The average Bonchev–Trinajstić information content (AvgIpc) is 3.41. The van der Waals surface area contributed by atoms with Gasteiger partial charge in [0.15, 0.2) is 6.10 Å². The van der Waals surface area contributed by atoms with Crippen molar-refractivity contribution in [1.82, 2.24) is 0 Å². The van der Waals surface area contributed by atoms with Gasteiger partial charge < -0.3 is 14.2 Å². The largest absolute Gasteiger partial charge is 0.462 e. The van der Waals surface area contributed by atoms with Crippen molar-refractivity contribution < 1.29 is 28.6 Å². The maximum atomic E-state index is 12.9. The number of hydrogen-bond acceptors (Lipinski definition) is 6. The van der Waals surface area contributed by atoms with Crippen LogP contribution in [-0.2, 0) is 28.6 Å². The molecule has 6 heteroatoms. The van der Waals surface area contributed by atoms with Gasteiger partial charge in [0.25, 0.3) is 0 Å². The van der Waals surface area contributed by atoms with Gasteiger partial charge in [-0.05, 0) is 103 Å². The molecule has 0 bridgehead atoms. The molecule has 0 amide bonds. The van der Waals surface area contributed by atoms with Crippen molar-refractivity contribution in [1.29, 1.82) is 0 Å². The van der Waals surface area contributed by atoms with E-state index >= 15 is 0 Å². The van der Waals surface area contributed by atoms with Gasteiger partial charge >= 0.3 is 17.9 Å². The first-order chi connectivity index (χ1) is 37.0. The van der Waals surface area contributed by atoms with Gasteiger partial charge in [-0.15, -0.1) is 0 Å². The third-order valence-corrected chi connectivity index (χ3v) is 13.0. The Balaban J connectivity index is 4.42. The lowest BCUT2D eigenvalue weighted by molar-refractivity contribution is -0.167. The molecular formula is C69H114O6. The van der Waals surface area contributed by atoms with Gasteiger partial charge in [0.1, 0.15) is 13.2 Å². The van der Waals surface area contributed by atoms with Gasteiger partial charge in [-0.2, -0.15) is 0 Å². The normalized spacial score (nSPS) is 12.9. The fraction of sp³-hybridized carbons (Fsp3) is 0.667. The van der Waals surface area contributed by atoms with Crippen LogP contribution in [0.1, 0.15) is 278 Å². The second-order valence-corrected chi connectivity index (χ2v) is 20.2. The Hall–Kier alpha value is -4.19. The topological polar surface area (TPSA) is 78.9 Å². The molecule has 6 nitrogen and oxygen atoms in total. The molecule has 0 heterocycles. The predicted octanol–water partition coefficient (Wildman–Crippen LogP) is 21.2. The van der Waals surface area contributed by atoms with Crippen LogP contribution in [0.2, 0.25) is 0 Å². The van der Waals surface area contributed by atoms with Crippen molar-refractivity contribution in [2.24, 2.45) is 0 Å². The molecule has 0 aromatic carbocycles. The first-order valence-corrected chi connectivity index (χ1v) is 31.0. The molecule has 0 spiro atoms. The smallest absolute Gasteiger partial charge is 0.306 e. The zero-order chi connectivity index (χ0) is 54.3. The summed E-state index contributed by atoms with van der Waals surface area (Å²) in [4.78, 5) is 38.3. The first kappa shape index (κ1) is 70.8.